The summed E-state index contributed by atoms with van der Waals surface area (Å²) >= 11 is 1.51. The van der Waals surface area contributed by atoms with Gasteiger partial charge in [-0.25, -0.2) is 4.39 Å². The molecule has 1 heterocycles. The first-order valence-electron chi connectivity index (χ1n) is 8.13. The van der Waals surface area contributed by atoms with E-state index in [9.17, 15) is 9.50 Å². The molecule has 1 aliphatic carbocycles. The van der Waals surface area contributed by atoms with Crippen molar-refractivity contribution >= 4 is 11.8 Å². The second-order valence-electron chi connectivity index (χ2n) is 6.07. The minimum Gasteiger partial charge on any atom is -0.388 e. The highest BCUT2D eigenvalue weighted by Gasteiger charge is 2.22. The molecule has 0 aliphatic heterocycles. The van der Waals surface area contributed by atoms with Crippen LogP contribution < -0.4 is 0 Å². The lowest BCUT2D eigenvalue weighted by molar-refractivity contribution is 0.204. The van der Waals surface area contributed by atoms with Gasteiger partial charge in [-0.2, -0.15) is 0 Å². The van der Waals surface area contributed by atoms with Crippen LogP contribution in [0.4, 0.5) is 4.39 Å². The van der Waals surface area contributed by atoms with E-state index in [4.69, 9.17) is 0 Å². The van der Waals surface area contributed by atoms with Gasteiger partial charge in [0.05, 0.1) is 6.10 Å². The number of thioether (sulfide) groups is 1. The number of aryl methyl sites for hydroxylation is 1. The second kappa shape index (κ2) is 7.45. The zero-order chi connectivity index (χ0) is 16.2. The summed E-state index contributed by atoms with van der Waals surface area (Å²) in [7, 11) is 0. The maximum Gasteiger partial charge on any atom is 0.191 e. The van der Waals surface area contributed by atoms with Crippen molar-refractivity contribution in [3.8, 4) is 0 Å². The van der Waals surface area contributed by atoms with Crippen molar-refractivity contribution in [3.63, 3.8) is 0 Å². The SMILES string of the molecule is Cc1nnc(SC[C@@H](O)c2ccc(F)cc2)n1C1CCCCC1. The third kappa shape index (κ3) is 3.93. The molecule has 0 saturated heterocycles. The first-order valence-corrected chi connectivity index (χ1v) is 9.11. The van der Waals surface area contributed by atoms with Crippen LogP contribution in [-0.4, -0.2) is 25.6 Å². The Bertz CT molecular complexity index is 638. The predicted octanol–water partition coefficient (Wildman–Crippen LogP) is 4.06. The Balaban J connectivity index is 1.67. The molecule has 6 heteroatoms. The Morgan fingerprint density at radius 3 is 2.61 bits per heavy atom. The number of hydrogen-bond acceptors (Lipinski definition) is 4. The fourth-order valence-corrected chi connectivity index (χ4v) is 4.16. The summed E-state index contributed by atoms with van der Waals surface area (Å²) < 4.78 is 15.2. The molecule has 2 aromatic rings. The Hall–Kier alpha value is -1.40. The Morgan fingerprint density at radius 2 is 1.91 bits per heavy atom. The van der Waals surface area contributed by atoms with Gasteiger partial charge in [0.15, 0.2) is 5.16 Å². The van der Waals surface area contributed by atoms with Crippen LogP contribution in [0.3, 0.4) is 0 Å². The van der Waals surface area contributed by atoms with Crippen LogP contribution in [0, 0.1) is 12.7 Å². The molecule has 0 amide bonds. The molecule has 23 heavy (non-hydrogen) atoms. The molecule has 0 radical (unpaired) electrons. The maximum atomic E-state index is 13.0. The molecule has 1 N–H and O–H groups in total. The minimum absolute atomic E-state index is 0.290. The Morgan fingerprint density at radius 1 is 1.22 bits per heavy atom. The maximum absolute atomic E-state index is 13.0. The van der Waals surface area contributed by atoms with Gasteiger partial charge in [-0.3, -0.25) is 0 Å². The Kier molecular flexibility index (Phi) is 5.33. The smallest absolute Gasteiger partial charge is 0.191 e. The molecule has 1 saturated carbocycles. The van der Waals surface area contributed by atoms with Gasteiger partial charge in [0.25, 0.3) is 0 Å². The summed E-state index contributed by atoms with van der Waals surface area (Å²) in [6, 6.07) is 6.47. The van der Waals surface area contributed by atoms with Crippen LogP contribution in [0.15, 0.2) is 29.4 Å². The average molecular weight is 335 g/mol. The molecular formula is C17H22FN3OS. The lowest BCUT2D eigenvalue weighted by Crippen LogP contribution is -2.15. The van der Waals surface area contributed by atoms with Gasteiger partial charge in [-0.1, -0.05) is 43.2 Å². The van der Waals surface area contributed by atoms with Crippen LogP contribution in [0.5, 0.6) is 0 Å². The van der Waals surface area contributed by atoms with Crippen molar-refractivity contribution in [1.29, 1.82) is 0 Å². The zero-order valence-corrected chi connectivity index (χ0v) is 14.1. The highest BCUT2D eigenvalue weighted by atomic mass is 32.2. The third-order valence-corrected chi connectivity index (χ3v) is 5.42. The molecule has 3 rings (SSSR count). The van der Waals surface area contributed by atoms with Gasteiger partial charge in [-0.05, 0) is 37.5 Å². The van der Waals surface area contributed by atoms with Crippen molar-refractivity contribution < 1.29 is 9.50 Å². The van der Waals surface area contributed by atoms with Crippen LogP contribution in [-0.2, 0) is 0 Å². The molecule has 124 valence electrons. The highest BCUT2D eigenvalue weighted by molar-refractivity contribution is 7.99. The predicted molar refractivity (Wildman–Crippen MR) is 89.0 cm³/mol. The number of aliphatic hydroxyl groups excluding tert-OH is 1. The van der Waals surface area contributed by atoms with E-state index in [1.807, 2.05) is 6.92 Å². The van der Waals surface area contributed by atoms with Gasteiger partial charge in [-0.15, -0.1) is 10.2 Å². The number of halogens is 1. The number of hydrogen-bond donors (Lipinski definition) is 1. The topological polar surface area (TPSA) is 50.9 Å². The molecule has 0 spiro atoms. The van der Waals surface area contributed by atoms with Gasteiger partial charge >= 0.3 is 0 Å². The summed E-state index contributed by atoms with van der Waals surface area (Å²) in [5.74, 6) is 1.13. The van der Waals surface area contributed by atoms with Crippen molar-refractivity contribution in [1.82, 2.24) is 14.8 Å². The lowest BCUT2D eigenvalue weighted by atomic mass is 9.95. The summed E-state index contributed by atoms with van der Waals surface area (Å²) in [6.07, 6.45) is 5.52. The van der Waals surface area contributed by atoms with Crippen LogP contribution in [0.1, 0.15) is 55.6 Å². The monoisotopic (exact) mass is 335 g/mol. The number of aliphatic hydroxyl groups is 1. The summed E-state index contributed by atoms with van der Waals surface area (Å²) in [5.41, 5.74) is 0.722. The molecule has 1 fully saturated rings. The van der Waals surface area contributed by atoms with Gasteiger partial charge in [0, 0.05) is 11.8 Å². The van der Waals surface area contributed by atoms with E-state index in [1.165, 1.54) is 56.0 Å². The van der Waals surface area contributed by atoms with E-state index in [0.29, 0.717) is 11.8 Å². The van der Waals surface area contributed by atoms with Crippen LogP contribution in [0.2, 0.25) is 0 Å². The van der Waals surface area contributed by atoms with E-state index < -0.39 is 6.10 Å². The fraction of sp³-hybridized carbons (Fsp3) is 0.529. The molecule has 1 atom stereocenters. The van der Waals surface area contributed by atoms with E-state index >= 15 is 0 Å². The van der Waals surface area contributed by atoms with E-state index in [2.05, 4.69) is 14.8 Å². The molecule has 1 aromatic heterocycles. The average Bonchev–Trinajstić information content (AvgIpc) is 2.95. The Labute approximate surface area is 140 Å². The normalized spacial score (nSPS) is 17.3. The number of benzene rings is 1. The first-order chi connectivity index (χ1) is 11.1. The minimum atomic E-state index is -0.641. The van der Waals surface area contributed by atoms with Gasteiger partial charge < -0.3 is 9.67 Å². The van der Waals surface area contributed by atoms with Crippen molar-refractivity contribution in [2.45, 2.75) is 56.3 Å². The third-order valence-electron chi connectivity index (χ3n) is 4.40. The van der Waals surface area contributed by atoms with E-state index in [0.717, 1.165) is 16.5 Å². The molecule has 0 bridgehead atoms. The fourth-order valence-electron chi connectivity index (χ4n) is 3.14. The van der Waals surface area contributed by atoms with E-state index in [1.54, 1.807) is 12.1 Å². The lowest BCUT2D eigenvalue weighted by Gasteiger charge is -2.25. The quantitative estimate of drug-likeness (QED) is 0.837. The van der Waals surface area contributed by atoms with Crippen LogP contribution >= 0.6 is 11.8 Å². The largest absolute Gasteiger partial charge is 0.388 e. The van der Waals surface area contributed by atoms with Crippen LogP contribution in [0.25, 0.3) is 0 Å². The first kappa shape index (κ1) is 16.5. The molecule has 0 unspecified atom stereocenters. The second-order valence-corrected chi connectivity index (χ2v) is 7.06. The molecule has 1 aromatic carbocycles. The van der Waals surface area contributed by atoms with Crippen molar-refractivity contribution in [2.24, 2.45) is 0 Å². The number of nitrogens with zero attached hydrogens (tertiary/aromatic N) is 3. The molecule has 4 nitrogen and oxygen atoms in total. The number of aromatic nitrogens is 3. The molecular weight excluding hydrogens is 313 g/mol. The van der Waals surface area contributed by atoms with Crippen molar-refractivity contribution in [2.75, 3.05) is 5.75 Å². The van der Waals surface area contributed by atoms with Gasteiger partial charge in [0.1, 0.15) is 11.6 Å². The highest BCUT2D eigenvalue weighted by Crippen LogP contribution is 2.33. The number of rotatable bonds is 5. The summed E-state index contributed by atoms with van der Waals surface area (Å²) in [5, 5.41) is 19.6. The van der Waals surface area contributed by atoms with E-state index in [-0.39, 0.29) is 5.82 Å². The summed E-state index contributed by atoms with van der Waals surface area (Å²) in [4.78, 5) is 0. The zero-order valence-electron chi connectivity index (χ0n) is 13.3. The standard InChI is InChI=1S/C17H22FN3OS/c1-12-19-20-17(21(12)15-5-3-2-4-6-15)23-11-16(22)13-7-9-14(18)10-8-13/h7-10,15-16,22H,2-6,11H2,1H3/t16-/m1/s1. The summed E-state index contributed by atoms with van der Waals surface area (Å²) in [6.45, 7) is 1.99. The van der Waals surface area contributed by atoms with Crippen molar-refractivity contribution in [3.05, 3.63) is 41.5 Å². The molecule has 1 aliphatic rings. The van der Waals surface area contributed by atoms with Gasteiger partial charge in [0.2, 0.25) is 0 Å².